The van der Waals surface area contributed by atoms with Gasteiger partial charge in [-0.1, -0.05) is 50.1 Å². The highest BCUT2D eigenvalue weighted by atomic mass is 79.9. The minimum absolute atomic E-state index is 0.270. The van der Waals surface area contributed by atoms with Crippen LogP contribution in [0.2, 0.25) is 0 Å². The van der Waals surface area contributed by atoms with E-state index in [2.05, 4.69) is 31.9 Å². The van der Waals surface area contributed by atoms with Gasteiger partial charge in [-0.05, 0) is 6.07 Å². The highest BCUT2D eigenvalue weighted by Crippen LogP contribution is 2.33. The Morgan fingerprint density at radius 1 is 1.20 bits per heavy atom. The first-order valence-electron chi connectivity index (χ1n) is 2.68. The first-order valence-corrected chi connectivity index (χ1v) is 4.26. The summed E-state index contributed by atoms with van der Waals surface area (Å²) in [5.41, 5.74) is 0.766. The second kappa shape index (κ2) is 3.39. The first kappa shape index (κ1) is 8.08. The van der Waals surface area contributed by atoms with Gasteiger partial charge in [-0.2, -0.15) is 0 Å². The average Bonchev–Trinajstić information content (AvgIpc) is 1.88. The molecule has 0 aliphatic rings. The summed E-state index contributed by atoms with van der Waals surface area (Å²) in [5.74, 6) is 0.270. The number of halogens is 2. The molecule has 3 heteroatoms. The van der Waals surface area contributed by atoms with Crippen LogP contribution >= 0.6 is 31.9 Å². The lowest BCUT2D eigenvalue weighted by molar-refractivity contribution is 0.472. The molecular formula is C7H5Br2O. The van der Waals surface area contributed by atoms with Gasteiger partial charge >= 0.3 is 0 Å². The Morgan fingerprint density at radius 2 is 1.80 bits per heavy atom. The molecule has 0 aliphatic carbocycles. The molecule has 0 spiro atoms. The molecule has 0 amide bonds. The Balaban J connectivity index is 3.03. The van der Waals surface area contributed by atoms with Gasteiger partial charge in [-0.15, -0.1) is 0 Å². The zero-order valence-corrected chi connectivity index (χ0v) is 8.18. The second-order valence-corrected chi connectivity index (χ2v) is 4.43. The van der Waals surface area contributed by atoms with Crippen molar-refractivity contribution in [2.24, 2.45) is 0 Å². The van der Waals surface area contributed by atoms with Crippen molar-refractivity contribution in [1.82, 2.24) is 0 Å². The summed E-state index contributed by atoms with van der Waals surface area (Å²) in [4.78, 5) is 0. The summed E-state index contributed by atoms with van der Waals surface area (Å²) in [7, 11) is 0. The molecule has 53 valence electrons. The summed E-state index contributed by atoms with van der Waals surface area (Å²) in [6.07, 6.45) is 0. The molecule has 0 atom stereocenters. The largest absolute Gasteiger partial charge is 0.508 e. The Kier molecular flexibility index (Phi) is 2.74. The molecular weight excluding hydrogens is 260 g/mol. The zero-order chi connectivity index (χ0) is 7.56. The topological polar surface area (TPSA) is 20.2 Å². The van der Waals surface area contributed by atoms with Gasteiger partial charge in [0.05, 0.1) is 0 Å². The Labute approximate surface area is 76.3 Å². The van der Waals surface area contributed by atoms with Crippen molar-refractivity contribution in [2.45, 2.75) is 0 Å². The number of hydrogen-bond donors (Lipinski definition) is 1. The van der Waals surface area contributed by atoms with E-state index in [4.69, 9.17) is 0 Å². The molecule has 1 N–H and O–H groups in total. The summed E-state index contributed by atoms with van der Waals surface area (Å²) < 4.78 is 0.762. The standard InChI is InChI=1S/C7H5Br2O/c8-7(9)5-3-1-2-4-6(5)10/h1-4,10H. The van der Waals surface area contributed by atoms with Crippen LogP contribution in [0.5, 0.6) is 5.75 Å². The Morgan fingerprint density at radius 3 is 2.20 bits per heavy atom. The van der Waals surface area contributed by atoms with Crippen LogP contribution < -0.4 is 0 Å². The maximum Gasteiger partial charge on any atom is 0.138 e. The molecule has 0 aliphatic heterocycles. The monoisotopic (exact) mass is 263 g/mol. The van der Waals surface area contributed by atoms with Gasteiger partial charge in [0, 0.05) is 5.56 Å². The molecule has 0 saturated carbocycles. The van der Waals surface area contributed by atoms with E-state index in [1.165, 1.54) is 0 Å². The molecule has 1 aromatic carbocycles. The van der Waals surface area contributed by atoms with E-state index in [9.17, 15) is 5.11 Å². The fourth-order valence-corrected chi connectivity index (χ4v) is 1.30. The molecule has 0 unspecified atom stereocenters. The van der Waals surface area contributed by atoms with Crippen LogP contribution in [0, 0.1) is 3.74 Å². The van der Waals surface area contributed by atoms with E-state index in [0.29, 0.717) is 0 Å². The summed E-state index contributed by atoms with van der Waals surface area (Å²) in [6, 6.07) is 7.09. The van der Waals surface area contributed by atoms with Crippen LogP contribution in [0.3, 0.4) is 0 Å². The second-order valence-electron chi connectivity index (χ2n) is 1.78. The van der Waals surface area contributed by atoms with E-state index >= 15 is 0 Å². The third-order valence-corrected chi connectivity index (χ3v) is 1.96. The van der Waals surface area contributed by atoms with Gasteiger partial charge in [-0.25, -0.2) is 0 Å². The number of benzene rings is 1. The summed E-state index contributed by atoms with van der Waals surface area (Å²) in [6.45, 7) is 0. The number of phenols is 1. The van der Waals surface area contributed by atoms with E-state index < -0.39 is 0 Å². The van der Waals surface area contributed by atoms with Crippen LogP contribution in [0.25, 0.3) is 0 Å². The first-order chi connectivity index (χ1) is 4.72. The number of phenolic OH excluding ortho intramolecular Hbond substituents is 1. The van der Waals surface area contributed by atoms with Crippen LogP contribution in [0.4, 0.5) is 0 Å². The predicted molar refractivity (Wildman–Crippen MR) is 48.3 cm³/mol. The maximum atomic E-state index is 9.20. The molecule has 0 saturated heterocycles. The van der Waals surface area contributed by atoms with Gasteiger partial charge in [0.1, 0.15) is 9.49 Å². The third kappa shape index (κ3) is 1.73. The van der Waals surface area contributed by atoms with E-state index in [0.717, 1.165) is 9.30 Å². The fourth-order valence-electron chi connectivity index (χ4n) is 0.633. The van der Waals surface area contributed by atoms with Crippen LogP contribution in [-0.4, -0.2) is 5.11 Å². The zero-order valence-electron chi connectivity index (χ0n) is 5.01. The van der Waals surface area contributed by atoms with Gasteiger partial charge in [0.15, 0.2) is 0 Å². The quantitative estimate of drug-likeness (QED) is 0.827. The lowest BCUT2D eigenvalue weighted by Crippen LogP contribution is -1.80. The SMILES string of the molecule is Oc1ccccc1[C](Br)Br. The number of aromatic hydroxyl groups is 1. The van der Waals surface area contributed by atoms with Crippen LogP contribution in [0.1, 0.15) is 5.56 Å². The highest BCUT2D eigenvalue weighted by Gasteiger charge is 2.06. The van der Waals surface area contributed by atoms with Gasteiger partial charge in [0.2, 0.25) is 0 Å². The normalized spacial score (nSPS) is 10.3. The fraction of sp³-hybridized carbons (Fsp3) is 0. The minimum atomic E-state index is 0.270. The van der Waals surface area contributed by atoms with E-state index in [-0.39, 0.29) is 5.75 Å². The van der Waals surface area contributed by atoms with Crippen molar-refractivity contribution in [3.63, 3.8) is 0 Å². The molecule has 0 bridgehead atoms. The van der Waals surface area contributed by atoms with Crippen molar-refractivity contribution in [3.8, 4) is 5.75 Å². The van der Waals surface area contributed by atoms with Gasteiger partial charge < -0.3 is 5.11 Å². The van der Waals surface area contributed by atoms with Crippen molar-refractivity contribution in [2.75, 3.05) is 0 Å². The van der Waals surface area contributed by atoms with Crippen molar-refractivity contribution >= 4 is 31.9 Å². The molecule has 1 aromatic rings. The summed E-state index contributed by atoms with van der Waals surface area (Å²) >= 11 is 6.41. The molecule has 0 fully saturated rings. The third-order valence-electron chi connectivity index (χ3n) is 1.11. The van der Waals surface area contributed by atoms with E-state index in [1.54, 1.807) is 12.1 Å². The molecule has 1 nitrogen and oxygen atoms in total. The molecule has 1 rings (SSSR count). The maximum absolute atomic E-state index is 9.20. The van der Waals surface area contributed by atoms with Crippen LogP contribution in [-0.2, 0) is 0 Å². The molecule has 10 heavy (non-hydrogen) atoms. The Hall–Kier alpha value is -0.0200. The van der Waals surface area contributed by atoms with Gasteiger partial charge in [0.25, 0.3) is 0 Å². The lowest BCUT2D eigenvalue weighted by atomic mass is 10.2. The van der Waals surface area contributed by atoms with E-state index in [1.807, 2.05) is 12.1 Å². The lowest BCUT2D eigenvalue weighted by Gasteiger charge is -2.01. The molecule has 0 aromatic heterocycles. The highest BCUT2D eigenvalue weighted by molar-refractivity contribution is 9.27. The number of rotatable bonds is 1. The molecule has 0 heterocycles. The smallest absolute Gasteiger partial charge is 0.138 e. The van der Waals surface area contributed by atoms with Crippen molar-refractivity contribution < 1.29 is 5.11 Å². The van der Waals surface area contributed by atoms with Crippen molar-refractivity contribution in [1.29, 1.82) is 0 Å². The number of para-hydroxylation sites is 1. The minimum Gasteiger partial charge on any atom is -0.508 e. The summed E-state index contributed by atoms with van der Waals surface area (Å²) in [5, 5.41) is 9.20. The number of hydrogen-bond acceptors (Lipinski definition) is 1. The predicted octanol–water partition coefficient (Wildman–Crippen LogP) is 3.02. The average molecular weight is 265 g/mol. The van der Waals surface area contributed by atoms with Gasteiger partial charge in [-0.3, -0.25) is 0 Å². The van der Waals surface area contributed by atoms with Crippen molar-refractivity contribution in [3.05, 3.63) is 33.6 Å². The van der Waals surface area contributed by atoms with Crippen LogP contribution in [0.15, 0.2) is 24.3 Å². The molecule has 1 radical (unpaired) electrons. The Bertz CT molecular complexity index is 223.